The number of aryl methyl sites for hydroxylation is 1. The van der Waals surface area contributed by atoms with Gasteiger partial charge < -0.3 is 9.63 Å². The smallest absolute Gasteiger partial charge is 0.309 e. The average molecular weight is 220 g/mol. The van der Waals surface area contributed by atoms with E-state index in [0.717, 1.165) is 5.56 Å². The minimum Gasteiger partial charge on any atom is -0.481 e. The Morgan fingerprint density at radius 2 is 2.19 bits per heavy atom. The molecule has 6 heteroatoms. The lowest BCUT2D eigenvalue weighted by molar-refractivity contribution is -0.695. The molecule has 0 atom stereocenters. The molecule has 2 rings (SSSR count). The Morgan fingerprint density at radius 3 is 2.75 bits per heavy atom. The van der Waals surface area contributed by atoms with Crippen molar-refractivity contribution in [2.24, 2.45) is 0 Å². The molecule has 0 aromatic carbocycles. The van der Waals surface area contributed by atoms with E-state index in [1.807, 2.05) is 0 Å². The van der Waals surface area contributed by atoms with E-state index in [2.05, 4.69) is 10.1 Å². The van der Waals surface area contributed by atoms with Gasteiger partial charge in [0.15, 0.2) is 25.3 Å². The van der Waals surface area contributed by atoms with Crippen LogP contribution in [0.3, 0.4) is 0 Å². The van der Waals surface area contributed by atoms with E-state index < -0.39 is 5.97 Å². The molecule has 2 aromatic heterocycles. The van der Waals surface area contributed by atoms with Crippen LogP contribution in [0.2, 0.25) is 0 Å². The highest BCUT2D eigenvalue weighted by Gasteiger charge is 2.08. The topological polar surface area (TPSA) is 80.1 Å². The summed E-state index contributed by atoms with van der Waals surface area (Å²) in [7, 11) is 0. The second-order valence-electron chi connectivity index (χ2n) is 3.21. The second-order valence-corrected chi connectivity index (χ2v) is 3.21. The van der Waals surface area contributed by atoms with Gasteiger partial charge in [-0.15, -0.1) is 0 Å². The number of nitrogens with zero attached hydrogens (tertiary/aromatic N) is 3. The van der Waals surface area contributed by atoms with Crippen LogP contribution in [0, 0.1) is 0 Å². The molecule has 1 N–H and O–H groups in total. The van der Waals surface area contributed by atoms with Crippen molar-refractivity contribution in [2.45, 2.75) is 13.0 Å². The number of pyridine rings is 1. The molecule has 0 fully saturated rings. The zero-order valence-electron chi connectivity index (χ0n) is 8.41. The number of rotatable bonds is 4. The van der Waals surface area contributed by atoms with Gasteiger partial charge in [0.1, 0.15) is 6.42 Å². The monoisotopic (exact) mass is 220 g/mol. The van der Waals surface area contributed by atoms with E-state index in [-0.39, 0.29) is 6.42 Å². The van der Waals surface area contributed by atoms with Crippen LogP contribution in [0.25, 0.3) is 11.5 Å². The fourth-order valence-corrected chi connectivity index (χ4v) is 1.27. The summed E-state index contributed by atoms with van der Waals surface area (Å²) in [6, 6.07) is 3.60. The summed E-state index contributed by atoms with van der Waals surface area (Å²) in [6.07, 6.45) is 5.00. The summed E-state index contributed by atoms with van der Waals surface area (Å²) in [5.74, 6) is -0.362. The van der Waals surface area contributed by atoms with E-state index in [4.69, 9.17) is 9.63 Å². The molecular weight excluding hydrogens is 210 g/mol. The summed E-state index contributed by atoms with van der Waals surface area (Å²) in [6.45, 7) is 0.444. The maximum atomic E-state index is 10.4. The Hall–Kier alpha value is -2.24. The van der Waals surface area contributed by atoms with Gasteiger partial charge in [-0.05, 0) is 0 Å². The second kappa shape index (κ2) is 4.52. The Morgan fingerprint density at radius 1 is 1.44 bits per heavy atom. The molecule has 0 aliphatic carbocycles. The van der Waals surface area contributed by atoms with E-state index >= 15 is 0 Å². The number of aliphatic carboxylic acids is 1. The van der Waals surface area contributed by atoms with Crippen LogP contribution in [-0.4, -0.2) is 21.2 Å². The molecule has 0 aliphatic heterocycles. The SMILES string of the molecule is O=C(O)CC[n+]1ccc(-c2ncno2)cc1. The number of hydrogen-bond donors (Lipinski definition) is 1. The van der Waals surface area contributed by atoms with Gasteiger partial charge in [-0.2, -0.15) is 4.98 Å². The van der Waals surface area contributed by atoms with Gasteiger partial charge in [0.05, 0.1) is 5.56 Å². The maximum absolute atomic E-state index is 10.4. The van der Waals surface area contributed by atoms with Gasteiger partial charge in [-0.3, -0.25) is 4.79 Å². The lowest BCUT2D eigenvalue weighted by atomic mass is 10.2. The minimum absolute atomic E-state index is 0.102. The number of carboxylic acids is 1. The van der Waals surface area contributed by atoms with Gasteiger partial charge in [-0.25, -0.2) is 4.57 Å². The molecule has 82 valence electrons. The summed E-state index contributed by atoms with van der Waals surface area (Å²) in [5, 5.41) is 12.0. The van der Waals surface area contributed by atoms with Gasteiger partial charge >= 0.3 is 5.97 Å². The average Bonchev–Trinajstić information content (AvgIpc) is 2.80. The molecule has 0 bridgehead atoms. The fourth-order valence-electron chi connectivity index (χ4n) is 1.27. The lowest BCUT2D eigenvalue weighted by Crippen LogP contribution is -2.33. The van der Waals surface area contributed by atoms with Gasteiger partial charge in [0.2, 0.25) is 0 Å². The van der Waals surface area contributed by atoms with Gasteiger partial charge in [-0.1, -0.05) is 5.16 Å². The standard InChI is InChI=1S/C10H9N3O3/c14-9(15)3-6-13-4-1-8(2-5-13)10-11-7-12-16-10/h1-2,4-5,7H,3,6H2/p+1. The zero-order valence-corrected chi connectivity index (χ0v) is 8.41. The highest BCUT2D eigenvalue weighted by atomic mass is 16.5. The highest BCUT2D eigenvalue weighted by molar-refractivity contribution is 5.66. The van der Waals surface area contributed by atoms with Gasteiger partial charge in [0.25, 0.3) is 5.89 Å². The number of aromatic nitrogens is 3. The lowest BCUT2D eigenvalue weighted by Gasteiger charge is -1.95. The Balaban J connectivity index is 2.08. The van der Waals surface area contributed by atoms with Crippen LogP contribution < -0.4 is 4.57 Å². The van der Waals surface area contributed by atoms with Crippen LogP contribution >= 0.6 is 0 Å². The third kappa shape index (κ3) is 2.41. The van der Waals surface area contributed by atoms with E-state index in [1.165, 1.54) is 6.33 Å². The van der Waals surface area contributed by atoms with Crippen molar-refractivity contribution in [2.75, 3.05) is 0 Å². The molecule has 0 amide bonds. The molecule has 2 heterocycles. The van der Waals surface area contributed by atoms with E-state index in [1.54, 1.807) is 29.1 Å². The minimum atomic E-state index is -0.812. The normalized spacial score (nSPS) is 10.2. The van der Waals surface area contributed by atoms with Crippen molar-refractivity contribution in [3.8, 4) is 11.5 Å². The summed E-state index contributed by atoms with van der Waals surface area (Å²) < 4.78 is 6.68. The molecular formula is C10H10N3O3+. The van der Waals surface area contributed by atoms with Crippen LogP contribution in [0.1, 0.15) is 6.42 Å². The Bertz CT molecular complexity index is 465. The quantitative estimate of drug-likeness (QED) is 0.759. The fraction of sp³-hybridized carbons (Fsp3) is 0.200. The number of hydrogen-bond acceptors (Lipinski definition) is 4. The van der Waals surface area contributed by atoms with E-state index in [9.17, 15) is 4.79 Å². The summed E-state index contributed by atoms with van der Waals surface area (Å²) in [4.78, 5) is 14.3. The molecule has 0 aliphatic rings. The predicted molar refractivity (Wildman–Crippen MR) is 52.2 cm³/mol. The maximum Gasteiger partial charge on any atom is 0.309 e. The van der Waals surface area contributed by atoms with Crippen molar-refractivity contribution >= 4 is 5.97 Å². The van der Waals surface area contributed by atoms with Crippen LogP contribution in [-0.2, 0) is 11.3 Å². The van der Waals surface area contributed by atoms with Crippen molar-refractivity contribution in [3.05, 3.63) is 30.9 Å². The zero-order chi connectivity index (χ0) is 11.4. The van der Waals surface area contributed by atoms with Gasteiger partial charge in [0, 0.05) is 12.1 Å². The summed E-state index contributed by atoms with van der Waals surface area (Å²) in [5.41, 5.74) is 0.809. The molecule has 0 saturated heterocycles. The van der Waals surface area contributed by atoms with Crippen molar-refractivity contribution in [1.29, 1.82) is 0 Å². The Kier molecular flexibility index (Phi) is 2.90. The van der Waals surface area contributed by atoms with E-state index in [0.29, 0.717) is 12.4 Å². The first-order chi connectivity index (χ1) is 7.75. The first kappa shape index (κ1) is 10.3. The van der Waals surface area contributed by atoms with Crippen molar-refractivity contribution < 1.29 is 19.0 Å². The molecule has 0 saturated carbocycles. The van der Waals surface area contributed by atoms with Crippen LogP contribution in [0.4, 0.5) is 0 Å². The third-order valence-corrected chi connectivity index (χ3v) is 2.08. The van der Waals surface area contributed by atoms with Crippen LogP contribution in [0.15, 0.2) is 35.4 Å². The molecule has 16 heavy (non-hydrogen) atoms. The molecule has 0 radical (unpaired) electrons. The Labute approximate surface area is 91.2 Å². The first-order valence-electron chi connectivity index (χ1n) is 4.73. The highest BCUT2D eigenvalue weighted by Crippen LogP contribution is 2.12. The first-order valence-corrected chi connectivity index (χ1v) is 4.73. The molecule has 0 spiro atoms. The summed E-state index contributed by atoms with van der Waals surface area (Å²) >= 11 is 0. The van der Waals surface area contributed by atoms with Crippen molar-refractivity contribution in [1.82, 2.24) is 10.1 Å². The van der Waals surface area contributed by atoms with Crippen LogP contribution in [0.5, 0.6) is 0 Å². The number of carboxylic acid groups (broad SMARTS) is 1. The number of carbonyl (C=O) groups is 1. The third-order valence-electron chi connectivity index (χ3n) is 2.08. The molecule has 2 aromatic rings. The molecule has 6 nitrogen and oxygen atoms in total. The van der Waals surface area contributed by atoms with Crippen molar-refractivity contribution in [3.63, 3.8) is 0 Å². The largest absolute Gasteiger partial charge is 0.481 e. The molecule has 0 unspecified atom stereocenters. The predicted octanol–water partition coefficient (Wildman–Crippen LogP) is 0.499.